The Hall–Kier alpha value is -2.36. The Labute approximate surface area is 150 Å². The van der Waals surface area contributed by atoms with Gasteiger partial charge in [0.1, 0.15) is 0 Å². The molecule has 0 radical (unpaired) electrons. The normalized spacial score (nSPS) is 18.2. The van der Waals surface area contributed by atoms with Crippen LogP contribution in [0.4, 0.5) is 17.6 Å². The van der Waals surface area contributed by atoms with Crippen molar-refractivity contribution in [2.45, 2.75) is 38.5 Å². The Morgan fingerprint density at radius 3 is 1.77 bits per heavy atom. The number of aryl methyl sites for hydroxylation is 2. The minimum absolute atomic E-state index is 0.101. The highest BCUT2D eigenvalue weighted by molar-refractivity contribution is 5.63. The second-order valence-corrected chi connectivity index (χ2v) is 6.75. The standard InChI is InChI=1S/C22H20F4/c1-15-3-9-18(10-4-15)19-11-6-17(7-12-19)8-14-20-13-5-16(2)21(23,24)22(20,25)26/h3-7,9-13H,8,14H2,1-2H3. The monoisotopic (exact) mass is 360 g/mol. The summed E-state index contributed by atoms with van der Waals surface area (Å²) in [4.78, 5) is 0. The fourth-order valence-corrected chi connectivity index (χ4v) is 3.01. The Morgan fingerprint density at radius 1 is 0.654 bits per heavy atom. The van der Waals surface area contributed by atoms with Gasteiger partial charge in [-0.05, 0) is 43.4 Å². The maximum Gasteiger partial charge on any atom is 0.335 e. The van der Waals surface area contributed by atoms with E-state index in [0.717, 1.165) is 35.8 Å². The number of hydrogen-bond acceptors (Lipinski definition) is 0. The Morgan fingerprint density at radius 2 is 1.19 bits per heavy atom. The lowest BCUT2D eigenvalue weighted by Crippen LogP contribution is -2.44. The highest BCUT2D eigenvalue weighted by atomic mass is 19.3. The molecule has 0 amide bonds. The van der Waals surface area contributed by atoms with Gasteiger partial charge in [0.15, 0.2) is 0 Å². The van der Waals surface area contributed by atoms with Crippen LogP contribution in [-0.2, 0) is 6.42 Å². The second-order valence-electron chi connectivity index (χ2n) is 6.75. The predicted octanol–water partition coefficient (Wildman–Crippen LogP) is 6.75. The SMILES string of the molecule is CC1=CC=C(CCc2ccc(-c3ccc(C)cc3)cc2)C(F)(F)C1(F)F. The third-order valence-electron chi connectivity index (χ3n) is 4.85. The van der Waals surface area contributed by atoms with E-state index < -0.39 is 23.0 Å². The van der Waals surface area contributed by atoms with Crippen LogP contribution >= 0.6 is 0 Å². The smallest absolute Gasteiger partial charge is 0.194 e. The van der Waals surface area contributed by atoms with Gasteiger partial charge in [-0.2, -0.15) is 17.6 Å². The van der Waals surface area contributed by atoms with Crippen molar-refractivity contribution in [3.63, 3.8) is 0 Å². The molecule has 0 saturated carbocycles. The van der Waals surface area contributed by atoms with Crippen LogP contribution in [0.1, 0.15) is 24.5 Å². The van der Waals surface area contributed by atoms with E-state index >= 15 is 0 Å². The van der Waals surface area contributed by atoms with E-state index in [2.05, 4.69) is 0 Å². The van der Waals surface area contributed by atoms with E-state index in [1.807, 2.05) is 55.5 Å². The molecular weight excluding hydrogens is 340 g/mol. The predicted molar refractivity (Wildman–Crippen MR) is 96.7 cm³/mol. The van der Waals surface area contributed by atoms with E-state index in [1.54, 1.807) is 0 Å². The number of hydrogen-bond donors (Lipinski definition) is 0. The summed E-state index contributed by atoms with van der Waals surface area (Å²) in [6.07, 6.45) is 2.41. The first-order valence-electron chi connectivity index (χ1n) is 8.52. The van der Waals surface area contributed by atoms with Crippen molar-refractivity contribution in [3.05, 3.63) is 83.0 Å². The summed E-state index contributed by atoms with van der Waals surface area (Å²) in [6.45, 7) is 3.05. The van der Waals surface area contributed by atoms with Crippen molar-refractivity contribution in [3.8, 4) is 11.1 Å². The molecular formula is C22H20F4. The van der Waals surface area contributed by atoms with Crippen molar-refractivity contribution in [1.29, 1.82) is 0 Å². The number of rotatable bonds is 4. The maximum absolute atomic E-state index is 14.1. The Bertz CT molecular complexity index is 841. The van der Waals surface area contributed by atoms with Crippen LogP contribution in [0, 0.1) is 6.92 Å². The van der Waals surface area contributed by atoms with E-state index in [9.17, 15) is 17.6 Å². The number of benzene rings is 2. The largest absolute Gasteiger partial charge is 0.335 e. The highest BCUT2D eigenvalue weighted by Crippen LogP contribution is 2.48. The number of halogens is 4. The van der Waals surface area contributed by atoms with Crippen molar-refractivity contribution in [1.82, 2.24) is 0 Å². The van der Waals surface area contributed by atoms with Gasteiger partial charge in [-0.1, -0.05) is 66.2 Å². The maximum atomic E-state index is 14.1. The van der Waals surface area contributed by atoms with E-state index in [0.29, 0.717) is 6.42 Å². The summed E-state index contributed by atoms with van der Waals surface area (Å²) >= 11 is 0. The average Bonchev–Trinajstić information content (AvgIpc) is 2.61. The van der Waals surface area contributed by atoms with Crippen LogP contribution in [-0.4, -0.2) is 11.8 Å². The molecule has 1 aliphatic rings. The summed E-state index contributed by atoms with van der Waals surface area (Å²) < 4.78 is 55.6. The molecule has 0 N–H and O–H groups in total. The zero-order chi connectivity index (χ0) is 18.9. The zero-order valence-corrected chi connectivity index (χ0v) is 14.7. The lowest BCUT2D eigenvalue weighted by molar-refractivity contribution is -0.164. The molecule has 0 fully saturated rings. The Balaban J connectivity index is 1.71. The van der Waals surface area contributed by atoms with E-state index in [4.69, 9.17) is 0 Å². The number of allylic oxidation sites excluding steroid dienone is 4. The fourth-order valence-electron chi connectivity index (χ4n) is 3.01. The fraction of sp³-hybridized carbons (Fsp3) is 0.273. The third-order valence-corrected chi connectivity index (χ3v) is 4.85. The third kappa shape index (κ3) is 3.33. The molecule has 0 bridgehead atoms. The van der Waals surface area contributed by atoms with Crippen LogP contribution < -0.4 is 0 Å². The van der Waals surface area contributed by atoms with Crippen molar-refractivity contribution < 1.29 is 17.6 Å². The Kier molecular flexibility index (Phi) is 4.78. The molecule has 0 atom stereocenters. The lowest BCUT2D eigenvalue weighted by Gasteiger charge is -2.32. The van der Waals surface area contributed by atoms with Gasteiger partial charge in [0.2, 0.25) is 0 Å². The van der Waals surface area contributed by atoms with E-state index in [-0.39, 0.29) is 6.42 Å². The molecule has 2 aromatic rings. The summed E-state index contributed by atoms with van der Waals surface area (Å²) in [5, 5.41) is 0. The van der Waals surface area contributed by atoms with Gasteiger partial charge >= 0.3 is 11.8 Å². The van der Waals surface area contributed by atoms with Gasteiger partial charge in [-0.15, -0.1) is 0 Å². The molecule has 0 saturated heterocycles. The van der Waals surface area contributed by atoms with Gasteiger partial charge in [-0.25, -0.2) is 0 Å². The minimum Gasteiger partial charge on any atom is -0.194 e. The molecule has 136 valence electrons. The molecule has 26 heavy (non-hydrogen) atoms. The van der Waals surface area contributed by atoms with Gasteiger partial charge < -0.3 is 0 Å². The van der Waals surface area contributed by atoms with Crippen molar-refractivity contribution >= 4 is 0 Å². The molecule has 2 aromatic carbocycles. The molecule has 0 unspecified atom stereocenters. The molecule has 3 rings (SSSR count). The summed E-state index contributed by atoms with van der Waals surface area (Å²) in [5.41, 5.74) is 3.00. The summed E-state index contributed by atoms with van der Waals surface area (Å²) in [5.74, 6) is -8.25. The number of alkyl halides is 4. The van der Waals surface area contributed by atoms with Crippen LogP contribution in [0.3, 0.4) is 0 Å². The van der Waals surface area contributed by atoms with E-state index in [1.165, 1.54) is 5.56 Å². The van der Waals surface area contributed by atoms with Crippen LogP contribution in [0.15, 0.2) is 71.8 Å². The van der Waals surface area contributed by atoms with Crippen LogP contribution in [0.25, 0.3) is 11.1 Å². The molecule has 1 aliphatic carbocycles. The molecule has 4 heteroatoms. The van der Waals surface area contributed by atoms with Gasteiger partial charge in [-0.3, -0.25) is 0 Å². The van der Waals surface area contributed by atoms with Crippen molar-refractivity contribution in [2.75, 3.05) is 0 Å². The van der Waals surface area contributed by atoms with Crippen LogP contribution in [0.5, 0.6) is 0 Å². The molecule has 0 aliphatic heterocycles. The quantitative estimate of drug-likeness (QED) is 0.529. The first-order chi connectivity index (χ1) is 12.2. The van der Waals surface area contributed by atoms with Gasteiger partial charge in [0.25, 0.3) is 0 Å². The molecule has 0 nitrogen and oxygen atoms in total. The zero-order valence-electron chi connectivity index (χ0n) is 14.7. The first kappa shape index (κ1) is 18.4. The van der Waals surface area contributed by atoms with Crippen LogP contribution in [0.2, 0.25) is 0 Å². The van der Waals surface area contributed by atoms with Gasteiger partial charge in [0, 0.05) is 11.1 Å². The topological polar surface area (TPSA) is 0 Å². The summed E-state index contributed by atoms with van der Waals surface area (Å²) in [7, 11) is 0. The molecule has 0 spiro atoms. The van der Waals surface area contributed by atoms with Crippen molar-refractivity contribution in [2.24, 2.45) is 0 Å². The minimum atomic E-state index is -4.13. The first-order valence-corrected chi connectivity index (χ1v) is 8.52. The molecule has 0 heterocycles. The van der Waals surface area contributed by atoms with Gasteiger partial charge in [0.05, 0.1) is 0 Å². The molecule has 0 aromatic heterocycles. The second kappa shape index (κ2) is 6.75. The summed E-state index contributed by atoms with van der Waals surface area (Å²) in [6, 6.07) is 15.7. The highest BCUT2D eigenvalue weighted by Gasteiger charge is 2.60. The average molecular weight is 360 g/mol. The lowest BCUT2D eigenvalue weighted by atomic mass is 9.88.